The molecule has 1 aliphatic carbocycles. The van der Waals surface area contributed by atoms with Crippen LogP contribution in [-0.4, -0.2) is 59.8 Å². The number of benzene rings is 1. The van der Waals surface area contributed by atoms with Gasteiger partial charge in [-0.2, -0.15) is 9.29 Å². The van der Waals surface area contributed by atoms with Crippen LogP contribution in [-0.2, 0) is 21.2 Å². The van der Waals surface area contributed by atoms with Gasteiger partial charge in [-0.15, -0.1) is 0 Å². The molecule has 1 amide bonds. The Balaban J connectivity index is 1.12. The van der Waals surface area contributed by atoms with Crippen LogP contribution in [0.25, 0.3) is 11.6 Å². The van der Waals surface area contributed by atoms with Gasteiger partial charge in [0, 0.05) is 39.0 Å². The van der Waals surface area contributed by atoms with Crippen molar-refractivity contribution >= 4 is 15.9 Å². The molecule has 1 saturated carbocycles. The van der Waals surface area contributed by atoms with Crippen LogP contribution < -0.4 is 0 Å². The zero-order valence-corrected chi connectivity index (χ0v) is 20.5. The Labute approximate surface area is 205 Å². The summed E-state index contributed by atoms with van der Waals surface area (Å²) in [7, 11) is -3.58. The number of rotatable bonds is 7. The van der Waals surface area contributed by atoms with Crippen LogP contribution in [0.2, 0.25) is 0 Å². The van der Waals surface area contributed by atoms with Crippen molar-refractivity contribution in [3.05, 3.63) is 54.1 Å². The van der Waals surface area contributed by atoms with E-state index in [1.807, 2.05) is 12.1 Å². The average molecular weight is 499 g/mol. The molecule has 1 aromatic carbocycles. The average Bonchev–Trinajstić information content (AvgIpc) is 3.60. The van der Waals surface area contributed by atoms with Crippen LogP contribution in [0.1, 0.15) is 55.9 Å². The van der Waals surface area contributed by atoms with E-state index in [-0.39, 0.29) is 25.4 Å². The molecule has 3 aromatic rings. The van der Waals surface area contributed by atoms with Gasteiger partial charge in [-0.25, -0.2) is 8.42 Å². The highest BCUT2D eigenvalue weighted by Gasteiger charge is 2.30. The zero-order valence-electron chi connectivity index (χ0n) is 19.6. The zero-order chi connectivity index (χ0) is 24.3. The van der Waals surface area contributed by atoms with E-state index in [9.17, 15) is 13.2 Å². The summed E-state index contributed by atoms with van der Waals surface area (Å²) in [6.45, 7) is 1.28. The van der Waals surface area contributed by atoms with E-state index in [1.165, 1.54) is 48.2 Å². The molecule has 2 fully saturated rings. The van der Waals surface area contributed by atoms with Gasteiger partial charge in [-0.3, -0.25) is 4.79 Å². The summed E-state index contributed by atoms with van der Waals surface area (Å²) in [5.74, 6) is 1.70. The van der Waals surface area contributed by atoms with E-state index in [2.05, 4.69) is 10.1 Å². The Morgan fingerprint density at radius 1 is 1.00 bits per heavy atom. The Hall–Kier alpha value is -2.98. The minimum atomic E-state index is -3.58. The molecule has 0 N–H and O–H groups in total. The Morgan fingerprint density at radius 3 is 2.43 bits per heavy atom. The third-order valence-corrected chi connectivity index (χ3v) is 8.86. The predicted octanol–water partition coefficient (Wildman–Crippen LogP) is 3.84. The van der Waals surface area contributed by atoms with Crippen LogP contribution >= 0.6 is 0 Å². The number of amides is 1. The standard InChI is InChI=1S/C25H30N4O5S/c30-24(13-12-23-26-25(27-34-23)22-7-4-18-33-22)28-14-16-29(17-15-28)35(31,32)21-10-8-20(9-11-21)19-5-2-1-3-6-19/h4,7-11,18-19H,1-3,5-6,12-17H2. The highest BCUT2D eigenvalue weighted by atomic mass is 32.2. The maximum Gasteiger partial charge on any atom is 0.243 e. The topological polar surface area (TPSA) is 110 Å². The Kier molecular flexibility index (Phi) is 7.01. The summed E-state index contributed by atoms with van der Waals surface area (Å²) in [6, 6.07) is 10.9. The Morgan fingerprint density at radius 2 is 1.74 bits per heavy atom. The lowest BCUT2D eigenvalue weighted by Gasteiger charge is -2.34. The predicted molar refractivity (Wildman–Crippen MR) is 128 cm³/mol. The van der Waals surface area contributed by atoms with Gasteiger partial charge in [-0.1, -0.05) is 36.6 Å². The summed E-state index contributed by atoms with van der Waals surface area (Å²) < 4.78 is 38.2. The summed E-state index contributed by atoms with van der Waals surface area (Å²) in [4.78, 5) is 18.9. The minimum Gasteiger partial charge on any atom is -0.461 e. The quantitative estimate of drug-likeness (QED) is 0.487. The molecule has 3 heterocycles. The monoisotopic (exact) mass is 498 g/mol. The molecule has 2 aliphatic rings. The van der Waals surface area contributed by atoms with Crippen molar-refractivity contribution in [1.82, 2.24) is 19.3 Å². The van der Waals surface area contributed by atoms with Gasteiger partial charge in [0.05, 0.1) is 11.2 Å². The fourth-order valence-electron chi connectivity index (χ4n) is 4.91. The second kappa shape index (κ2) is 10.3. The first-order valence-electron chi connectivity index (χ1n) is 12.2. The molecule has 0 bridgehead atoms. The molecule has 10 heteroatoms. The molecule has 9 nitrogen and oxygen atoms in total. The molecule has 35 heavy (non-hydrogen) atoms. The van der Waals surface area contributed by atoms with Gasteiger partial charge in [0.15, 0.2) is 5.76 Å². The lowest BCUT2D eigenvalue weighted by molar-refractivity contribution is -0.132. The van der Waals surface area contributed by atoms with Crippen molar-refractivity contribution in [1.29, 1.82) is 0 Å². The van der Waals surface area contributed by atoms with E-state index in [0.29, 0.717) is 47.8 Å². The maximum absolute atomic E-state index is 13.1. The number of nitrogens with zero attached hydrogens (tertiary/aromatic N) is 4. The van der Waals surface area contributed by atoms with Crippen molar-refractivity contribution < 1.29 is 22.2 Å². The first-order chi connectivity index (χ1) is 17.0. The number of hydrogen-bond acceptors (Lipinski definition) is 7. The van der Waals surface area contributed by atoms with Gasteiger partial charge in [0.25, 0.3) is 0 Å². The van der Waals surface area contributed by atoms with Crippen molar-refractivity contribution in [2.75, 3.05) is 26.2 Å². The number of carbonyl (C=O) groups excluding carboxylic acids is 1. The largest absolute Gasteiger partial charge is 0.461 e. The van der Waals surface area contributed by atoms with E-state index < -0.39 is 10.0 Å². The van der Waals surface area contributed by atoms with Gasteiger partial charge in [0.1, 0.15) is 0 Å². The first kappa shape index (κ1) is 23.7. The maximum atomic E-state index is 13.1. The molecule has 186 valence electrons. The normalized spacial score (nSPS) is 18.1. The number of aryl methyl sites for hydroxylation is 1. The number of furan rings is 1. The Bertz CT molecular complexity index is 1220. The van der Waals surface area contributed by atoms with Crippen LogP contribution in [0.5, 0.6) is 0 Å². The number of piperazine rings is 1. The second-order valence-corrected chi connectivity index (χ2v) is 11.1. The van der Waals surface area contributed by atoms with Crippen LogP contribution in [0.4, 0.5) is 0 Å². The second-order valence-electron chi connectivity index (χ2n) is 9.18. The fourth-order valence-corrected chi connectivity index (χ4v) is 6.33. The summed E-state index contributed by atoms with van der Waals surface area (Å²) >= 11 is 0. The molecule has 0 radical (unpaired) electrons. The van der Waals surface area contributed by atoms with Crippen molar-refractivity contribution in [3.8, 4) is 11.6 Å². The first-order valence-corrected chi connectivity index (χ1v) is 13.7. The van der Waals surface area contributed by atoms with Crippen molar-refractivity contribution in [2.45, 2.75) is 55.8 Å². The molecular weight excluding hydrogens is 468 g/mol. The lowest BCUT2D eigenvalue weighted by Crippen LogP contribution is -2.50. The number of sulfonamides is 1. The summed E-state index contributed by atoms with van der Waals surface area (Å²) in [5.41, 5.74) is 1.23. The molecule has 0 unspecified atom stereocenters. The van der Waals surface area contributed by atoms with E-state index in [4.69, 9.17) is 8.94 Å². The number of hydrogen-bond donors (Lipinski definition) is 0. The molecule has 1 aliphatic heterocycles. The smallest absolute Gasteiger partial charge is 0.243 e. The molecule has 0 spiro atoms. The number of carbonyl (C=O) groups is 1. The highest BCUT2D eigenvalue weighted by molar-refractivity contribution is 7.89. The van der Waals surface area contributed by atoms with Crippen LogP contribution in [0.3, 0.4) is 0 Å². The third kappa shape index (κ3) is 5.33. The summed E-state index contributed by atoms with van der Waals surface area (Å²) in [6.07, 6.45) is 8.21. The van der Waals surface area contributed by atoms with Crippen molar-refractivity contribution in [3.63, 3.8) is 0 Å². The molecular formula is C25H30N4O5S. The van der Waals surface area contributed by atoms with E-state index in [0.717, 1.165) is 0 Å². The molecule has 5 rings (SSSR count). The minimum absolute atomic E-state index is 0.0587. The van der Waals surface area contributed by atoms with Gasteiger partial charge in [-0.05, 0) is 48.6 Å². The molecule has 1 saturated heterocycles. The van der Waals surface area contributed by atoms with Crippen LogP contribution in [0.15, 0.2) is 56.5 Å². The van der Waals surface area contributed by atoms with E-state index in [1.54, 1.807) is 29.2 Å². The van der Waals surface area contributed by atoms with Crippen molar-refractivity contribution in [2.24, 2.45) is 0 Å². The fraction of sp³-hybridized carbons (Fsp3) is 0.480. The third-order valence-electron chi connectivity index (χ3n) is 6.95. The van der Waals surface area contributed by atoms with E-state index >= 15 is 0 Å². The summed E-state index contributed by atoms with van der Waals surface area (Å²) in [5, 5.41) is 3.87. The van der Waals surface area contributed by atoms with Gasteiger partial charge in [0.2, 0.25) is 27.6 Å². The van der Waals surface area contributed by atoms with Crippen LogP contribution in [0, 0.1) is 0 Å². The lowest BCUT2D eigenvalue weighted by atomic mass is 9.84. The highest BCUT2D eigenvalue weighted by Crippen LogP contribution is 2.33. The SMILES string of the molecule is O=C(CCc1nc(-c2ccco2)no1)N1CCN(S(=O)(=O)c2ccc(C3CCCCC3)cc2)CC1. The molecule has 0 atom stereocenters. The molecule has 2 aromatic heterocycles. The van der Waals surface area contributed by atoms with Gasteiger partial charge >= 0.3 is 0 Å². The number of aromatic nitrogens is 2. The van der Waals surface area contributed by atoms with Gasteiger partial charge < -0.3 is 13.8 Å².